The van der Waals surface area contributed by atoms with E-state index in [-0.39, 0.29) is 91.8 Å². The fraction of sp³-hybridized carbons (Fsp3) is 0.536. The van der Waals surface area contributed by atoms with Gasteiger partial charge in [0.05, 0.1) is 50.9 Å². The second-order valence-corrected chi connectivity index (χ2v) is 22.1. The van der Waals surface area contributed by atoms with E-state index in [1.165, 1.54) is 15.9 Å². The number of fused-ring (bicyclic) bond motifs is 1. The minimum atomic E-state index is -4.77. The number of pyridine rings is 1. The van der Waals surface area contributed by atoms with Crippen molar-refractivity contribution in [2.24, 2.45) is 18.9 Å². The molecule has 0 saturated carbocycles. The Kier molecular flexibility index (Phi) is 17.7. The molecule has 4 aliphatic rings. The van der Waals surface area contributed by atoms with Crippen LogP contribution in [0.4, 0.5) is 30.5 Å². The molecule has 1 unspecified atom stereocenters. The van der Waals surface area contributed by atoms with Crippen LogP contribution in [0.2, 0.25) is 0 Å². The van der Waals surface area contributed by atoms with Gasteiger partial charge in [0.25, 0.3) is 5.91 Å². The first-order chi connectivity index (χ1) is 37.2. The minimum absolute atomic E-state index is 0.0266. The Morgan fingerprint density at radius 1 is 0.949 bits per heavy atom. The molecule has 2 aromatic heterocycles. The number of imide groups is 1. The summed E-state index contributed by atoms with van der Waals surface area (Å²) in [4.78, 5) is 85.2. The van der Waals surface area contributed by atoms with Gasteiger partial charge in [-0.3, -0.25) is 38.6 Å². The smallest absolute Gasteiger partial charge is 0.379 e. The Bertz CT molecular complexity index is 2920. The van der Waals surface area contributed by atoms with Gasteiger partial charge in [0, 0.05) is 79.5 Å². The van der Waals surface area contributed by atoms with Crippen LogP contribution in [0.25, 0.3) is 0 Å². The number of carbonyl (C=O) groups is 6. The molecule has 2 aromatic carbocycles. The van der Waals surface area contributed by atoms with Crippen molar-refractivity contribution in [1.29, 1.82) is 5.26 Å². The van der Waals surface area contributed by atoms with Gasteiger partial charge in [0.2, 0.25) is 29.5 Å². The van der Waals surface area contributed by atoms with Gasteiger partial charge in [-0.15, -0.1) is 10.2 Å². The molecule has 4 N–H and O–H groups in total. The van der Waals surface area contributed by atoms with Gasteiger partial charge in [-0.2, -0.15) is 18.4 Å². The maximum atomic E-state index is 15.3. The van der Waals surface area contributed by atoms with Crippen LogP contribution >= 0.6 is 0 Å². The number of ether oxygens (including phenoxy) is 1. The third-order valence-electron chi connectivity index (χ3n) is 15.5. The number of hydrogen-bond donors (Lipinski definition) is 4. The third kappa shape index (κ3) is 13.3. The number of nitrogens with zero attached hydrogens (tertiary/aromatic N) is 8. The Morgan fingerprint density at radius 2 is 1.68 bits per heavy atom. The van der Waals surface area contributed by atoms with Crippen LogP contribution < -0.4 is 26.2 Å². The van der Waals surface area contributed by atoms with E-state index in [9.17, 15) is 34.0 Å². The highest BCUT2D eigenvalue weighted by Gasteiger charge is 2.45. The summed E-state index contributed by atoms with van der Waals surface area (Å²) in [5.74, 6) is -1.01. The van der Waals surface area contributed by atoms with E-state index < -0.39 is 47.0 Å². The van der Waals surface area contributed by atoms with E-state index in [1.54, 1.807) is 51.4 Å². The largest absolute Gasteiger partial charge is 0.416 e. The molecule has 416 valence electrons. The monoisotopic (exact) mass is 1080 g/mol. The molecule has 3 saturated heterocycles. The van der Waals surface area contributed by atoms with Crippen molar-refractivity contribution in [3.63, 3.8) is 0 Å². The molecule has 4 aliphatic heterocycles. The van der Waals surface area contributed by atoms with Gasteiger partial charge in [-0.25, -0.2) is 4.98 Å². The number of nitriles is 1. The van der Waals surface area contributed by atoms with Gasteiger partial charge >= 0.3 is 6.18 Å². The molecular formula is C56H70F3N12O7+. The van der Waals surface area contributed by atoms with E-state index in [2.05, 4.69) is 44.5 Å². The molecule has 0 bridgehead atoms. The van der Waals surface area contributed by atoms with Crippen molar-refractivity contribution in [3.8, 4) is 6.07 Å². The van der Waals surface area contributed by atoms with Crippen LogP contribution in [0.5, 0.6) is 0 Å². The Labute approximate surface area is 452 Å². The fourth-order valence-corrected chi connectivity index (χ4v) is 11.2. The number of halogens is 3. The fourth-order valence-electron chi connectivity index (χ4n) is 11.2. The van der Waals surface area contributed by atoms with Gasteiger partial charge < -0.3 is 35.1 Å². The molecule has 0 spiro atoms. The maximum Gasteiger partial charge on any atom is 0.416 e. The molecule has 6 amide bonds. The average Bonchev–Trinajstić information content (AvgIpc) is 4.15. The number of unbranched alkanes of at least 4 members (excludes halogenated alkanes) is 2. The number of quaternary nitrogens is 1. The van der Waals surface area contributed by atoms with Crippen LogP contribution in [-0.4, -0.2) is 116 Å². The molecule has 3 fully saturated rings. The van der Waals surface area contributed by atoms with Crippen molar-refractivity contribution in [3.05, 3.63) is 94.1 Å². The van der Waals surface area contributed by atoms with Crippen molar-refractivity contribution in [2.45, 2.75) is 135 Å². The topological polar surface area (TPSA) is 234 Å². The SMILES string of the molecule is CC(C)[C@H](NC(=O)CCCCCN1C(=O)CCC1=O)C(=O)N[C@@H](C)C(=O)Nc1ccc(C[N+]2(Cc3cc4c(c(C(F)(F)F)c3)CN(c3cc(C5(Cc6nncn6C)COC5)cc(NCCC#N)n3)C4=O)CCC[C@H](C)C2)cc1. The van der Waals surface area contributed by atoms with E-state index in [1.807, 2.05) is 29.8 Å². The Morgan fingerprint density at radius 3 is 2.32 bits per heavy atom. The Balaban J connectivity index is 0.931. The van der Waals surface area contributed by atoms with E-state index in [0.717, 1.165) is 24.0 Å². The van der Waals surface area contributed by atoms with Crippen LogP contribution in [0, 0.1) is 23.2 Å². The van der Waals surface area contributed by atoms with Gasteiger partial charge in [0.15, 0.2) is 0 Å². The normalized spacial score (nSPS) is 19.7. The lowest BCUT2D eigenvalue weighted by molar-refractivity contribution is -0.960. The molecule has 4 atom stereocenters. The zero-order chi connectivity index (χ0) is 55.9. The highest BCUT2D eigenvalue weighted by Crippen LogP contribution is 2.43. The van der Waals surface area contributed by atoms with E-state index >= 15 is 13.2 Å². The first kappa shape index (κ1) is 56.9. The van der Waals surface area contributed by atoms with Crippen molar-refractivity contribution in [2.75, 3.05) is 54.9 Å². The van der Waals surface area contributed by atoms with Crippen LogP contribution in [0.1, 0.15) is 129 Å². The van der Waals surface area contributed by atoms with Crippen LogP contribution in [-0.2, 0) is 73.4 Å². The number of alkyl halides is 3. The molecule has 19 nitrogen and oxygen atoms in total. The zero-order valence-electron chi connectivity index (χ0n) is 45.0. The van der Waals surface area contributed by atoms with Crippen molar-refractivity contribution in [1.82, 2.24) is 35.3 Å². The number of likely N-dealkylation sites (tertiary alicyclic amines) is 2. The first-order valence-electron chi connectivity index (χ1n) is 26.9. The number of amides is 6. The number of hydrogen-bond acceptors (Lipinski definition) is 12. The highest BCUT2D eigenvalue weighted by atomic mass is 19.4. The predicted molar refractivity (Wildman–Crippen MR) is 282 cm³/mol. The number of anilines is 3. The molecule has 22 heteroatoms. The molecule has 4 aromatic rings. The Hall–Kier alpha value is -7.25. The minimum Gasteiger partial charge on any atom is -0.379 e. The quantitative estimate of drug-likeness (QED) is 0.0356. The summed E-state index contributed by atoms with van der Waals surface area (Å²) >= 11 is 0. The van der Waals surface area contributed by atoms with Crippen LogP contribution in [0.3, 0.4) is 0 Å². The summed E-state index contributed by atoms with van der Waals surface area (Å²) < 4.78 is 53.7. The number of carbonyl (C=O) groups excluding carboxylic acids is 6. The molecule has 6 heterocycles. The van der Waals surface area contributed by atoms with Crippen molar-refractivity contribution >= 4 is 52.8 Å². The number of aryl methyl sites for hydroxylation is 1. The number of nitrogens with one attached hydrogen (secondary N) is 4. The number of aromatic nitrogens is 4. The molecule has 0 radical (unpaired) electrons. The summed E-state index contributed by atoms with van der Waals surface area (Å²) in [5.41, 5.74) is 0.933. The van der Waals surface area contributed by atoms with Gasteiger partial charge in [-0.05, 0) is 86.1 Å². The number of benzene rings is 2. The first-order valence-corrected chi connectivity index (χ1v) is 26.9. The number of piperidine rings is 1. The highest BCUT2D eigenvalue weighted by molar-refractivity contribution is 6.10. The third-order valence-corrected chi connectivity index (χ3v) is 15.5. The summed E-state index contributed by atoms with van der Waals surface area (Å²) in [7, 11) is 1.84. The summed E-state index contributed by atoms with van der Waals surface area (Å²) in [5, 5.41) is 29.1. The molecule has 8 rings (SSSR count). The van der Waals surface area contributed by atoms with E-state index in [0.29, 0.717) is 92.5 Å². The van der Waals surface area contributed by atoms with E-state index in [4.69, 9.17) is 9.72 Å². The molecule has 78 heavy (non-hydrogen) atoms. The van der Waals surface area contributed by atoms with Gasteiger partial charge in [0.1, 0.15) is 49.0 Å². The molecule has 0 aliphatic carbocycles. The maximum absolute atomic E-state index is 15.3. The summed E-state index contributed by atoms with van der Waals surface area (Å²) in [6, 6.07) is 13.9. The second-order valence-electron chi connectivity index (χ2n) is 22.1. The number of rotatable bonds is 23. The summed E-state index contributed by atoms with van der Waals surface area (Å²) in [6.45, 7) is 10.3. The lowest BCUT2D eigenvalue weighted by Gasteiger charge is -2.44. The predicted octanol–water partition coefficient (Wildman–Crippen LogP) is 6.47. The summed E-state index contributed by atoms with van der Waals surface area (Å²) in [6.07, 6.45) is 1.62. The standard InChI is InChI=1S/C56H69F3N12O7/c1-35(2)51(66-48(72)12-7-6-8-21-69-49(73)17-18-50(69)74)53(76)63-37(4)52(75)64-41-15-13-38(14-16-41)30-71(22-9-11-36(3)29-71)31-39-23-42-43(44(24-39)56(57,58)59)28-70(54(42)77)46-26-40(25-45(65-46)61-20-10-19-60)55(32-78-33-55)27-47-67-62-34-68(47)5/h13-16,23-26,34-37,51H,6-12,17-18,20-22,27-33H2,1-5H3,(H3-,61,63,64,65,66,72,75,76)/p+1/t36-,37-,51-,71?/m0/s1. The lowest BCUT2D eigenvalue weighted by atomic mass is 9.75. The second kappa shape index (κ2) is 24.2. The zero-order valence-corrected chi connectivity index (χ0v) is 45.0. The van der Waals surface area contributed by atoms with Gasteiger partial charge in [-0.1, -0.05) is 39.3 Å². The van der Waals surface area contributed by atoms with Crippen molar-refractivity contribution < 1.29 is 51.2 Å². The average molecular weight is 1080 g/mol. The van der Waals surface area contributed by atoms with Crippen LogP contribution in [0.15, 0.2) is 54.9 Å². The molecular weight excluding hydrogens is 1010 g/mol. The lowest BCUT2D eigenvalue weighted by Crippen LogP contribution is -2.53.